The molecule has 0 heterocycles. The Balaban J connectivity index is 2.32. The lowest BCUT2D eigenvalue weighted by molar-refractivity contribution is -0.144. The molecule has 0 saturated carbocycles. The SMILES string of the molecule is CCOC(=O)C(Nc1cc(F)ccc1C)c1ccccc1. The number of ether oxygens (including phenoxy) is 1. The fraction of sp³-hybridized carbons (Fsp3) is 0.235. The van der Waals surface area contributed by atoms with E-state index in [-0.39, 0.29) is 11.8 Å². The molecule has 4 heteroatoms. The van der Waals surface area contributed by atoms with E-state index in [0.717, 1.165) is 11.1 Å². The van der Waals surface area contributed by atoms with Crippen molar-refractivity contribution in [3.63, 3.8) is 0 Å². The lowest BCUT2D eigenvalue weighted by Gasteiger charge is -2.20. The maximum Gasteiger partial charge on any atom is 0.333 e. The topological polar surface area (TPSA) is 38.3 Å². The smallest absolute Gasteiger partial charge is 0.333 e. The molecule has 2 aromatic rings. The summed E-state index contributed by atoms with van der Waals surface area (Å²) in [5.41, 5.74) is 2.22. The minimum absolute atomic E-state index is 0.298. The van der Waals surface area contributed by atoms with Crippen LogP contribution in [-0.4, -0.2) is 12.6 Å². The highest BCUT2D eigenvalue weighted by Crippen LogP contribution is 2.24. The van der Waals surface area contributed by atoms with E-state index in [1.54, 1.807) is 13.0 Å². The second-order valence-corrected chi connectivity index (χ2v) is 4.70. The van der Waals surface area contributed by atoms with Crippen LogP contribution in [0.2, 0.25) is 0 Å². The highest BCUT2D eigenvalue weighted by molar-refractivity contribution is 5.81. The number of anilines is 1. The molecule has 1 unspecified atom stereocenters. The molecule has 0 radical (unpaired) electrons. The zero-order chi connectivity index (χ0) is 15.2. The molecule has 2 aromatic carbocycles. The first kappa shape index (κ1) is 15.0. The van der Waals surface area contributed by atoms with Gasteiger partial charge in [-0.2, -0.15) is 0 Å². The Morgan fingerprint density at radius 2 is 1.95 bits per heavy atom. The van der Waals surface area contributed by atoms with E-state index < -0.39 is 6.04 Å². The zero-order valence-electron chi connectivity index (χ0n) is 12.1. The molecule has 2 rings (SSSR count). The Kier molecular flexibility index (Phi) is 4.93. The van der Waals surface area contributed by atoms with Crippen molar-refractivity contribution in [2.45, 2.75) is 19.9 Å². The number of carbonyl (C=O) groups excluding carboxylic acids is 1. The van der Waals surface area contributed by atoms with Crippen LogP contribution in [0.4, 0.5) is 10.1 Å². The van der Waals surface area contributed by atoms with Gasteiger partial charge in [0.2, 0.25) is 0 Å². The molecule has 0 bridgehead atoms. The second kappa shape index (κ2) is 6.88. The highest BCUT2D eigenvalue weighted by atomic mass is 19.1. The molecule has 110 valence electrons. The van der Waals surface area contributed by atoms with Gasteiger partial charge >= 0.3 is 5.97 Å². The van der Waals surface area contributed by atoms with E-state index in [9.17, 15) is 9.18 Å². The van der Waals surface area contributed by atoms with E-state index in [4.69, 9.17) is 4.74 Å². The third-order valence-electron chi connectivity index (χ3n) is 3.15. The monoisotopic (exact) mass is 287 g/mol. The van der Waals surface area contributed by atoms with Crippen molar-refractivity contribution in [2.24, 2.45) is 0 Å². The summed E-state index contributed by atoms with van der Waals surface area (Å²) in [6, 6.07) is 13.0. The summed E-state index contributed by atoms with van der Waals surface area (Å²) in [5, 5.41) is 3.07. The minimum Gasteiger partial charge on any atom is -0.464 e. The first-order chi connectivity index (χ1) is 10.1. The van der Waals surface area contributed by atoms with Crippen molar-refractivity contribution < 1.29 is 13.9 Å². The van der Waals surface area contributed by atoms with Gasteiger partial charge in [0.25, 0.3) is 0 Å². The molecular weight excluding hydrogens is 269 g/mol. The largest absolute Gasteiger partial charge is 0.464 e. The molecule has 1 atom stereocenters. The Hall–Kier alpha value is -2.36. The number of aryl methyl sites for hydroxylation is 1. The van der Waals surface area contributed by atoms with Gasteiger partial charge in [-0.05, 0) is 37.1 Å². The molecule has 0 aliphatic carbocycles. The molecule has 0 spiro atoms. The molecular formula is C17H18FNO2. The lowest BCUT2D eigenvalue weighted by atomic mass is 10.1. The minimum atomic E-state index is -0.661. The van der Waals surface area contributed by atoms with Gasteiger partial charge in [-0.3, -0.25) is 0 Å². The van der Waals surface area contributed by atoms with Crippen LogP contribution in [-0.2, 0) is 9.53 Å². The van der Waals surface area contributed by atoms with Crippen LogP contribution in [0.3, 0.4) is 0 Å². The van der Waals surface area contributed by atoms with E-state index in [2.05, 4.69) is 5.32 Å². The number of halogens is 1. The fourth-order valence-corrected chi connectivity index (χ4v) is 2.05. The number of esters is 1. The van der Waals surface area contributed by atoms with Crippen LogP contribution >= 0.6 is 0 Å². The van der Waals surface area contributed by atoms with Crippen LogP contribution < -0.4 is 5.32 Å². The quantitative estimate of drug-likeness (QED) is 0.849. The first-order valence-corrected chi connectivity index (χ1v) is 6.86. The summed E-state index contributed by atoms with van der Waals surface area (Å²) in [6.45, 7) is 3.91. The maximum absolute atomic E-state index is 13.4. The summed E-state index contributed by atoms with van der Waals surface area (Å²) in [7, 11) is 0. The van der Waals surface area contributed by atoms with Crippen molar-refractivity contribution in [1.82, 2.24) is 0 Å². The van der Waals surface area contributed by atoms with Gasteiger partial charge in [0.15, 0.2) is 6.04 Å². The number of hydrogen-bond donors (Lipinski definition) is 1. The fourth-order valence-electron chi connectivity index (χ4n) is 2.05. The summed E-state index contributed by atoms with van der Waals surface area (Å²) < 4.78 is 18.5. The number of benzene rings is 2. The standard InChI is InChI=1S/C17H18FNO2/c1-3-21-17(20)16(13-7-5-4-6-8-13)19-15-11-14(18)10-9-12(15)2/h4-11,16,19H,3H2,1-2H3. The molecule has 0 aromatic heterocycles. The van der Waals surface area contributed by atoms with Crippen molar-refractivity contribution in [3.05, 3.63) is 65.5 Å². The molecule has 21 heavy (non-hydrogen) atoms. The van der Waals surface area contributed by atoms with Crippen molar-refractivity contribution >= 4 is 11.7 Å². The van der Waals surface area contributed by atoms with Gasteiger partial charge in [-0.25, -0.2) is 9.18 Å². The van der Waals surface area contributed by atoms with Gasteiger partial charge in [0.05, 0.1) is 6.61 Å². The number of nitrogens with one attached hydrogen (secondary N) is 1. The molecule has 0 aliphatic heterocycles. The van der Waals surface area contributed by atoms with Gasteiger partial charge in [0, 0.05) is 5.69 Å². The third-order valence-corrected chi connectivity index (χ3v) is 3.15. The predicted molar refractivity (Wildman–Crippen MR) is 80.6 cm³/mol. The van der Waals surface area contributed by atoms with Gasteiger partial charge in [0.1, 0.15) is 5.82 Å². The van der Waals surface area contributed by atoms with Crippen LogP contribution in [0.1, 0.15) is 24.1 Å². The second-order valence-electron chi connectivity index (χ2n) is 4.70. The average molecular weight is 287 g/mol. The summed E-state index contributed by atoms with van der Waals surface area (Å²) in [6.07, 6.45) is 0. The summed E-state index contributed by atoms with van der Waals surface area (Å²) in [5.74, 6) is -0.730. The van der Waals surface area contributed by atoms with Crippen LogP contribution in [0, 0.1) is 12.7 Å². The third kappa shape index (κ3) is 3.81. The van der Waals surface area contributed by atoms with Gasteiger partial charge in [-0.1, -0.05) is 36.4 Å². The van der Waals surface area contributed by atoms with Crippen molar-refractivity contribution in [3.8, 4) is 0 Å². The molecule has 0 saturated heterocycles. The van der Waals surface area contributed by atoms with E-state index in [0.29, 0.717) is 12.3 Å². The first-order valence-electron chi connectivity index (χ1n) is 6.86. The highest BCUT2D eigenvalue weighted by Gasteiger charge is 2.22. The normalized spacial score (nSPS) is 11.8. The van der Waals surface area contributed by atoms with E-state index in [1.807, 2.05) is 37.3 Å². The Bertz CT molecular complexity index is 613. The molecule has 3 nitrogen and oxygen atoms in total. The van der Waals surface area contributed by atoms with Crippen LogP contribution in [0.15, 0.2) is 48.5 Å². The molecule has 0 amide bonds. The summed E-state index contributed by atoms with van der Waals surface area (Å²) in [4.78, 5) is 12.2. The van der Waals surface area contributed by atoms with Crippen LogP contribution in [0.25, 0.3) is 0 Å². The molecule has 1 N–H and O–H groups in total. The molecule has 0 aliphatic rings. The van der Waals surface area contributed by atoms with E-state index >= 15 is 0 Å². The number of carbonyl (C=O) groups is 1. The van der Waals surface area contributed by atoms with Crippen molar-refractivity contribution in [1.29, 1.82) is 0 Å². The molecule has 0 fully saturated rings. The van der Waals surface area contributed by atoms with Crippen molar-refractivity contribution in [2.75, 3.05) is 11.9 Å². The van der Waals surface area contributed by atoms with Gasteiger partial charge < -0.3 is 10.1 Å². The Morgan fingerprint density at radius 1 is 1.24 bits per heavy atom. The predicted octanol–water partition coefficient (Wildman–Crippen LogP) is 3.85. The average Bonchev–Trinajstić information content (AvgIpc) is 2.49. The van der Waals surface area contributed by atoms with Gasteiger partial charge in [-0.15, -0.1) is 0 Å². The van der Waals surface area contributed by atoms with E-state index in [1.165, 1.54) is 12.1 Å². The maximum atomic E-state index is 13.4. The van der Waals surface area contributed by atoms with Crippen LogP contribution in [0.5, 0.6) is 0 Å². The summed E-state index contributed by atoms with van der Waals surface area (Å²) >= 11 is 0. The number of hydrogen-bond acceptors (Lipinski definition) is 3. The Morgan fingerprint density at radius 3 is 2.62 bits per heavy atom. The number of rotatable bonds is 5. The zero-order valence-corrected chi connectivity index (χ0v) is 12.1. The lowest BCUT2D eigenvalue weighted by Crippen LogP contribution is -2.23. The Labute approximate surface area is 123 Å².